The number of ketones is 2. The van der Waals surface area contributed by atoms with Crippen molar-refractivity contribution in [2.24, 2.45) is 5.73 Å². The summed E-state index contributed by atoms with van der Waals surface area (Å²) in [6.45, 7) is 0. The standard InChI is InChI=1S/C20H24N2O3/c1-22(2)18(13-15-8-10-16(23)11-9-15)20(25)19(24)17(21)12-14-6-4-3-5-7-14/h3-11,17-18,23H,12-13,21H2,1-2H3/t17-,18-/m0/s1. The predicted molar refractivity (Wildman–Crippen MR) is 97.4 cm³/mol. The Labute approximate surface area is 148 Å². The van der Waals surface area contributed by atoms with Crippen LogP contribution in [0, 0.1) is 0 Å². The van der Waals surface area contributed by atoms with Gasteiger partial charge >= 0.3 is 0 Å². The van der Waals surface area contributed by atoms with Gasteiger partial charge in [0, 0.05) is 0 Å². The zero-order valence-corrected chi connectivity index (χ0v) is 14.6. The largest absolute Gasteiger partial charge is 0.508 e. The van der Waals surface area contributed by atoms with Crippen molar-refractivity contribution in [2.45, 2.75) is 24.9 Å². The van der Waals surface area contributed by atoms with Crippen molar-refractivity contribution in [1.29, 1.82) is 0 Å². The Morgan fingerprint density at radius 3 is 2.04 bits per heavy atom. The molecule has 5 heteroatoms. The highest BCUT2D eigenvalue weighted by atomic mass is 16.3. The smallest absolute Gasteiger partial charge is 0.217 e. The van der Waals surface area contributed by atoms with Crippen LogP contribution in [0.4, 0.5) is 0 Å². The van der Waals surface area contributed by atoms with Crippen LogP contribution in [0.15, 0.2) is 54.6 Å². The summed E-state index contributed by atoms with van der Waals surface area (Å²) < 4.78 is 0. The fourth-order valence-electron chi connectivity index (χ4n) is 2.67. The van der Waals surface area contributed by atoms with Crippen LogP contribution >= 0.6 is 0 Å². The highest BCUT2D eigenvalue weighted by molar-refractivity contribution is 6.41. The van der Waals surface area contributed by atoms with Gasteiger partial charge < -0.3 is 10.8 Å². The summed E-state index contributed by atoms with van der Waals surface area (Å²) >= 11 is 0. The zero-order chi connectivity index (χ0) is 18.4. The molecule has 0 saturated carbocycles. The maximum Gasteiger partial charge on any atom is 0.217 e. The van der Waals surface area contributed by atoms with Crippen molar-refractivity contribution in [3.05, 3.63) is 65.7 Å². The van der Waals surface area contributed by atoms with Crippen LogP contribution in [0.25, 0.3) is 0 Å². The van der Waals surface area contributed by atoms with Gasteiger partial charge in [-0.15, -0.1) is 0 Å². The van der Waals surface area contributed by atoms with Crippen LogP contribution in [-0.4, -0.2) is 47.8 Å². The Kier molecular flexibility index (Phi) is 6.44. The number of hydrogen-bond acceptors (Lipinski definition) is 5. The Morgan fingerprint density at radius 2 is 1.48 bits per heavy atom. The molecule has 0 bridgehead atoms. The molecule has 0 aliphatic heterocycles. The van der Waals surface area contributed by atoms with Crippen molar-refractivity contribution in [3.8, 4) is 5.75 Å². The van der Waals surface area contributed by atoms with Gasteiger partial charge in [0.15, 0.2) is 0 Å². The van der Waals surface area contributed by atoms with Crippen LogP contribution in [0.5, 0.6) is 5.75 Å². The molecule has 0 aliphatic carbocycles. The number of Topliss-reactive ketones (excluding diaryl/α,β-unsaturated/α-hetero) is 2. The number of carbonyl (C=O) groups is 2. The van der Waals surface area contributed by atoms with Crippen LogP contribution in [0.2, 0.25) is 0 Å². The molecule has 2 atom stereocenters. The molecule has 0 amide bonds. The number of nitrogens with zero attached hydrogens (tertiary/aromatic N) is 1. The molecule has 0 heterocycles. The number of likely N-dealkylation sites (N-methyl/N-ethyl adjacent to an activating group) is 1. The molecule has 3 N–H and O–H groups in total. The second-order valence-electron chi connectivity index (χ2n) is 6.37. The van der Waals surface area contributed by atoms with Gasteiger partial charge in [-0.05, 0) is 50.2 Å². The van der Waals surface area contributed by atoms with Crippen molar-refractivity contribution < 1.29 is 14.7 Å². The summed E-state index contributed by atoms with van der Waals surface area (Å²) in [6, 6.07) is 14.6. The third-order valence-corrected chi connectivity index (χ3v) is 4.17. The number of rotatable bonds is 8. The maximum absolute atomic E-state index is 12.7. The first-order chi connectivity index (χ1) is 11.9. The molecule has 0 unspecified atom stereocenters. The highest BCUT2D eigenvalue weighted by Gasteiger charge is 2.30. The number of nitrogens with two attached hydrogens (primary N) is 1. The average molecular weight is 340 g/mol. The van der Waals surface area contributed by atoms with Gasteiger partial charge in [0.2, 0.25) is 11.6 Å². The van der Waals surface area contributed by atoms with E-state index in [0.29, 0.717) is 12.8 Å². The van der Waals surface area contributed by atoms with Gasteiger partial charge in [0.05, 0.1) is 12.1 Å². The maximum atomic E-state index is 12.7. The normalized spacial score (nSPS) is 13.4. The minimum atomic E-state index is -0.850. The summed E-state index contributed by atoms with van der Waals surface area (Å²) in [6.07, 6.45) is 0.723. The summed E-state index contributed by atoms with van der Waals surface area (Å²) in [7, 11) is 3.53. The molecular formula is C20H24N2O3. The van der Waals surface area contributed by atoms with Crippen LogP contribution in [0.1, 0.15) is 11.1 Å². The number of benzene rings is 2. The van der Waals surface area contributed by atoms with Gasteiger partial charge in [0.25, 0.3) is 0 Å². The Balaban J connectivity index is 2.07. The van der Waals surface area contributed by atoms with Gasteiger partial charge in [-0.1, -0.05) is 42.5 Å². The average Bonchev–Trinajstić information content (AvgIpc) is 2.60. The summed E-state index contributed by atoms with van der Waals surface area (Å²) in [5, 5.41) is 9.36. The van der Waals surface area contributed by atoms with E-state index < -0.39 is 23.7 Å². The van der Waals surface area contributed by atoms with E-state index in [1.807, 2.05) is 30.3 Å². The van der Waals surface area contributed by atoms with E-state index >= 15 is 0 Å². The monoisotopic (exact) mass is 340 g/mol. The Hall–Kier alpha value is -2.50. The molecule has 0 spiro atoms. The molecule has 0 fully saturated rings. The lowest BCUT2D eigenvalue weighted by Crippen LogP contribution is -2.48. The van der Waals surface area contributed by atoms with Crippen LogP contribution in [-0.2, 0) is 22.4 Å². The van der Waals surface area contributed by atoms with Crippen molar-refractivity contribution >= 4 is 11.6 Å². The van der Waals surface area contributed by atoms with Crippen molar-refractivity contribution in [3.63, 3.8) is 0 Å². The molecule has 2 rings (SSSR count). The zero-order valence-electron chi connectivity index (χ0n) is 14.6. The van der Waals surface area contributed by atoms with Gasteiger partial charge in [-0.3, -0.25) is 14.5 Å². The number of carbonyl (C=O) groups excluding carboxylic acids is 2. The first kappa shape index (κ1) is 18.8. The minimum Gasteiger partial charge on any atom is -0.508 e. The third-order valence-electron chi connectivity index (χ3n) is 4.17. The number of phenolic OH excluding ortho intramolecular Hbond substituents is 1. The summed E-state index contributed by atoms with van der Waals surface area (Å²) in [4.78, 5) is 26.9. The first-order valence-corrected chi connectivity index (χ1v) is 8.20. The fraction of sp³-hybridized carbons (Fsp3) is 0.300. The number of hydrogen-bond donors (Lipinski definition) is 2. The topological polar surface area (TPSA) is 83.6 Å². The second-order valence-corrected chi connectivity index (χ2v) is 6.37. The fourth-order valence-corrected chi connectivity index (χ4v) is 2.67. The van der Waals surface area contributed by atoms with Gasteiger partial charge in [-0.2, -0.15) is 0 Å². The van der Waals surface area contributed by atoms with Gasteiger partial charge in [0.1, 0.15) is 5.75 Å². The quantitative estimate of drug-likeness (QED) is 0.713. The summed E-state index contributed by atoms with van der Waals surface area (Å²) in [5.41, 5.74) is 7.78. The van der Waals surface area contributed by atoms with Crippen molar-refractivity contribution in [1.82, 2.24) is 4.90 Å². The molecule has 25 heavy (non-hydrogen) atoms. The van der Waals surface area contributed by atoms with E-state index in [9.17, 15) is 14.7 Å². The molecule has 2 aromatic carbocycles. The number of phenols is 1. The molecule has 0 saturated heterocycles. The lowest BCUT2D eigenvalue weighted by atomic mass is 9.94. The molecular weight excluding hydrogens is 316 g/mol. The van der Waals surface area contributed by atoms with E-state index in [1.54, 1.807) is 43.3 Å². The lowest BCUT2D eigenvalue weighted by molar-refractivity contribution is -0.140. The summed E-state index contributed by atoms with van der Waals surface area (Å²) in [5.74, 6) is -0.875. The van der Waals surface area contributed by atoms with E-state index in [-0.39, 0.29) is 5.75 Å². The second kappa shape index (κ2) is 8.55. The predicted octanol–water partition coefficient (Wildman–Crippen LogP) is 1.57. The van der Waals surface area contributed by atoms with Gasteiger partial charge in [-0.25, -0.2) is 0 Å². The third kappa shape index (κ3) is 5.24. The lowest BCUT2D eigenvalue weighted by Gasteiger charge is -2.23. The van der Waals surface area contributed by atoms with E-state index in [2.05, 4.69) is 0 Å². The van der Waals surface area contributed by atoms with E-state index in [1.165, 1.54) is 0 Å². The Morgan fingerprint density at radius 1 is 0.920 bits per heavy atom. The SMILES string of the molecule is CN(C)[C@@H](Cc1ccc(O)cc1)C(=O)C(=O)[C@@H](N)Cc1ccccc1. The minimum absolute atomic E-state index is 0.164. The van der Waals surface area contributed by atoms with Crippen molar-refractivity contribution in [2.75, 3.05) is 14.1 Å². The molecule has 0 aromatic heterocycles. The molecule has 132 valence electrons. The number of aromatic hydroxyl groups is 1. The van der Waals surface area contributed by atoms with E-state index in [4.69, 9.17) is 5.73 Å². The molecule has 5 nitrogen and oxygen atoms in total. The Bertz CT molecular complexity index is 711. The molecule has 0 radical (unpaired) electrons. The molecule has 2 aromatic rings. The molecule has 0 aliphatic rings. The highest BCUT2D eigenvalue weighted by Crippen LogP contribution is 2.14. The van der Waals surface area contributed by atoms with Crippen LogP contribution in [0.3, 0.4) is 0 Å². The first-order valence-electron chi connectivity index (χ1n) is 8.20. The van der Waals surface area contributed by atoms with E-state index in [0.717, 1.165) is 11.1 Å². The van der Waals surface area contributed by atoms with Crippen LogP contribution < -0.4 is 5.73 Å².